The number of hydrogen-bond donors (Lipinski definition) is 1. The van der Waals surface area contributed by atoms with Gasteiger partial charge < -0.3 is 10.3 Å². The first-order valence-electron chi connectivity index (χ1n) is 5.28. The summed E-state index contributed by atoms with van der Waals surface area (Å²) in [6.07, 6.45) is 1.69. The van der Waals surface area contributed by atoms with Crippen LogP contribution in [0.15, 0.2) is 27.3 Å². The molecular formula is C11H13BrN4O. The lowest BCUT2D eigenvalue weighted by Crippen LogP contribution is -2.15. The van der Waals surface area contributed by atoms with Crippen molar-refractivity contribution in [3.05, 3.63) is 40.2 Å². The third-order valence-corrected chi connectivity index (χ3v) is 2.77. The zero-order chi connectivity index (χ0) is 12.4. The van der Waals surface area contributed by atoms with Gasteiger partial charge >= 0.3 is 0 Å². The molecule has 1 unspecified atom stereocenters. The number of nitrogens with zero attached hydrogens (tertiary/aromatic N) is 3. The summed E-state index contributed by atoms with van der Waals surface area (Å²) in [6.45, 7) is 3.97. The summed E-state index contributed by atoms with van der Waals surface area (Å²) in [5.74, 6) is 1.25. The number of pyridine rings is 1. The van der Waals surface area contributed by atoms with Crippen molar-refractivity contribution in [1.82, 2.24) is 15.1 Å². The Kier molecular flexibility index (Phi) is 3.54. The van der Waals surface area contributed by atoms with Gasteiger partial charge in [0.25, 0.3) is 0 Å². The van der Waals surface area contributed by atoms with Crippen molar-refractivity contribution in [3.8, 4) is 0 Å². The highest BCUT2D eigenvalue weighted by atomic mass is 79.9. The van der Waals surface area contributed by atoms with E-state index in [1.54, 1.807) is 6.20 Å². The molecule has 6 heteroatoms. The molecule has 0 aliphatic carbocycles. The first-order chi connectivity index (χ1) is 8.08. The van der Waals surface area contributed by atoms with Gasteiger partial charge in [-0.3, -0.25) is 4.98 Å². The SMILES string of the molecule is CC(C)c1nc(C(N)c2ccc(Br)cn2)no1. The van der Waals surface area contributed by atoms with Crippen LogP contribution in [0.5, 0.6) is 0 Å². The third-order valence-electron chi connectivity index (χ3n) is 2.30. The van der Waals surface area contributed by atoms with Crippen LogP contribution < -0.4 is 5.73 Å². The lowest BCUT2D eigenvalue weighted by Gasteiger charge is -2.05. The summed E-state index contributed by atoms with van der Waals surface area (Å²) in [6, 6.07) is 3.26. The van der Waals surface area contributed by atoms with Gasteiger partial charge in [-0.15, -0.1) is 0 Å². The number of halogens is 1. The van der Waals surface area contributed by atoms with Crippen LogP contribution in [0.1, 0.15) is 43.2 Å². The molecule has 2 aromatic heterocycles. The van der Waals surface area contributed by atoms with Gasteiger partial charge in [0, 0.05) is 16.6 Å². The fourth-order valence-corrected chi connectivity index (χ4v) is 1.55. The molecule has 2 rings (SSSR count). The molecule has 90 valence electrons. The summed E-state index contributed by atoms with van der Waals surface area (Å²) >= 11 is 3.32. The Hall–Kier alpha value is -1.27. The zero-order valence-electron chi connectivity index (χ0n) is 9.59. The largest absolute Gasteiger partial charge is 0.339 e. The molecule has 0 aliphatic heterocycles. The van der Waals surface area contributed by atoms with E-state index in [4.69, 9.17) is 10.3 Å². The average Bonchev–Trinajstić information content (AvgIpc) is 2.78. The van der Waals surface area contributed by atoms with E-state index in [1.165, 1.54) is 0 Å². The van der Waals surface area contributed by atoms with E-state index in [1.807, 2.05) is 26.0 Å². The van der Waals surface area contributed by atoms with Gasteiger partial charge in [0.15, 0.2) is 5.82 Å². The normalized spacial score (nSPS) is 13.0. The predicted octanol–water partition coefficient (Wildman–Crippen LogP) is 2.40. The quantitative estimate of drug-likeness (QED) is 0.941. The van der Waals surface area contributed by atoms with E-state index in [2.05, 4.69) is 31.1 Å². The van der Waals surface area contributed by atoms with Gasteiger partial charge in [0.1, 0.15) is 6.04 Å². The summed E-state index contributed by atoms with van der Waals surface area (Å²) in [4.78, 5) is 8.47. The van der Waals surface area contributed by atoms with E-state index in [0.717, 1.165) is 4.47 Å². The standard InChI is InChI=1S/C11H13BrN4O/c1-6(2)11-15-10(16-17-11)9(13)8-4-3-7(12)5-14-8/h3-6,9H,13H2,1-2H3. The van der Waals surface area contributed by atoms with E-state index in [0.29, 0.717) is 17.4 Å². The molecular weight excluding hydrogens is 284 g/mol. The minimum absolute atomic E-state index is 0.196. The summed E-state index contributed by atoms with van der Waals surface area (Å²) < 4.78 is 6.02. The van der Waals surface area contributed by atoms with Gasteiger partial charge in [0.05, 0.1) is 5.69 Å². The van der Waals surface area contributed by atoms with Crippen LogP contribution in [-0.4, -0.2) is 15.1 Å². The maximum absolute atomic E-state index is 6.02. The van der Waals surface area contributed by atoms with Crippen LogP contribution in [0.3, 0.4) is 0 Å². The van der Waals surface area contributed by atoms with Crippen molar-refractivity contribution in [1.29, 1.82) is 0 Å². The summed E-state index contributed by atoms with van der Waals surface area (Å²) in [5, 5.41) is 3.87. The Bertz CT molecular complexity index is 494. The third kappa shape index (κ3) is 2.70. The van der Waals surface area contributed by atoms with E-state index in [-0.39, 0.29) is 5.92 Å². The first kappa shape index (κ1) is 12.2. The van der Waals surface area contributed by atoms with Crippen LogP contribution in [0.2, 0.25) is 0 Å². The second-order valence-electron chi connectivity index (χ2n) is 4.02. The number of aromatic nitrogens is 3. The minimum Gasteiger partial charge on any atom is -0.339 e. The molecule has 0 bridgehead atoms. The number of rotatable bonds is 3. The smallest absolute Gasteiger partial charge is 0.229 e. The van der Waals surface area contributed by atoms with Crippen LogP contribution >= 0.6 is 15.9 Å². The van der Waals surface area contributed by atoms with E-state index in [9.17, 15) is 0 Å². The Labute approximate surface area is 108 Å². The van der Waals surface area contributed by atoms with Crippen molar-refractivity contribution in [2.24, 2.45) is 5.73 Å². The molecule has 1 atom stereocenters. The molecule has 0 saturated carbocycles. The molecule has 17 heavy (non-hydrogen) atoms. The molecule has 0 radical (unpaired) electrons. The fraction of sp³-hybridized carbons (Fsp3) is 0.364. The highest BCUT2D eigenvalue weighted by molar-refractivity contribution is 9.10. The zero-order valence-corrected chi connectivity index (χ0v) is 11.2. The Morgan fingerprint density at radius 1 is 1.35 bits per heavy atom. The molecule has 2 aromatic rings. The van der Waals surface area contributed by atoms with Gasteiger partial charge in [-0.05, 0) is 28.1 Å². The Morgan fingerprint density at radius 2 is 2.12 bits per heavy atom. The summed E-state index contributed by atoms with van der Waals surface area (Å²) in [7, 11) is 0. The van der Waals surface area contributed by atoms with Crippen molar-refractivity contribution in [2.45, 2.75) is 25.8 Å². The molecule has 0 fully saturated rings. The Balaban J connectivity index is 2.24. The van der Waals surface area contributed by atoms with Crippen LogP contribution in [0.4, 0.5) is 0 Å². The maximum Gasteiger partial charge on any atom is 0.229 e. The van der Waals surface area contributed by atoms with Crippen molar-refractivity contribution in [3.63, 3.8) is 0 Å². The molecule has 0 spiro atoms. The number of nitrogens with two attached hydrogens (primary N) is 1. The highest BCUT2D eigenvalue weighted by Crippen LogP contribution is 2.19. The van der Waals surface area contributed by atoms with Crippen molar-refractivity contribution in [2.75, 3.05) is 0 Å². The highest BCUT2D eigenvalue weighted by Gasteiger charge is 2.18. The van der Waals surface area contributed by atoms with Gasteiger partial charge in [0.2, 0.25) is 5.89 Å². The number of hydrogen-bond acceptors (Lipinski definition) is 5. The van der Waals surface area contributed by atoms with Crippen LogP contribution in [0, 0.1) is 0 Å². The van der Waals surface area contributed by atoms with Gasteiger partial charge in [-0.25, -0.2) is 0 Å². The van der Waals surface area contributed by atoms with Gasteiger partial charge in [-0.2, -0.15) is 4.98 Å². The van der Waals surface area contributed by atoms with Crippen LogP contribution in [0.25, 0.3) is 0 Å². The fourth-order valence-electron chi connectivity index (χ4n) is 1.31. The maximum atomic E-state index is 6.02. The lowest BCUT2D eigenvalue weighted by molar-refractivity contribution is 0.359. The molecule has 2 heterocycles. The lowest BCUT2D eigenvalue weighted by atomic mass is 10.2. The summed E-state index contributed by atoms with van der Waals surface area (Å²) in [5.41, 5.74) is 6.73. The average molecular weight is 297 g/mol. The predicted molar refractivity (Wildman–Crippen MR) is 66.4 cm³/mol. The van der Waals surface area contributed by atoms with Crippen molar-refractivity contribution >= 4 is 15.9 Å². The van der Waals surface area contributed by atoms with Gasteiger partial charge in [-0.1, -0.05) is 19.0 Å². The second-order valence-corrected chi connectivity index (χ2v) is 4.94. The molecule has 0 saturated heterocycles. The van der Waals surface area contributed by atoms with E-state index >= 15 is 0 Å². The molecule has 2 N–H and O–H groups in total. The topological polar surface area (TPSA) is 77.8 Å². The Morgan fingerprint density at radius 3 is 2.65 bits per heavy atom. The molecule has 0 aromatic carbocycles. The van der Waals surface area contributed by atoms with Crippen LogP contribution in [-0.2, 0) is 0 Å². The molecule has 0 amide bonds. The monoisotopic (exact) mass is 296 g/mol. The van der Waals surface area contributed by atoms with Crippen molar-refractivity contribution < 1.29 is 4.52 Å². The second kappa shape index (κ2) is 4.93. The molecule has 0 aliphatic rings. The minimum atomic E-state index is -0.459. The first-order valence-corrected chi connectivity index (χ1v) is 6.07. The molecule has 5 nitrogen and oxygen atoms in total. The van der Waals surface area contributed by atoms with E-state index < -0.39 is 6.04 Å².